The lowest BCUT2D eigenvalue weighted by molar-refractivity contribution is 0.141. The number of nitrogens with zero attached hydrogens (tertiary/aromatic N) is 4. The first-order valence-electron chi connectivity index (χ1n) is 9.23. The van der Waals surface area contributed by atoms with E-state index >= 15 is 0 Å². The van der Waals surface area contributed by atoms with Crippen LogP contribution in [-0.2, 0) is 10.0 Å². The summed E-state index contributed by atoms with van der Waals surface area (Å²) < 4.78 is 53.7. The van der Waals surface area contributed by atoms with Gasteiger partial charge in [-0.3, -0.25) is 0 Å². The van der Waals surface area contributed by atoms with E-state index in [1.54, 1.807) is 48.5 Å². The maximum absolute atomic E-state index is 13.2. The van der Waals surface area contributed by atoms with Gasteiger partial charge in [-0.2, -0.15) is 4.31 Å². The fraction of sp³-hybridized carbons (Fsp3) is 0.300. The topological polar surface area (TPSA) is 66.4 Å². The Bertz CT molecular complexity index is 1130. The highest BCUT2D eigenvalue weighted by Gasteiger charge is 2.30. The van der Waals surface area contributed by atoms with Gasteiger partial charge in [0.05, 0.1) is 10.4 Å². The summed E-state index contributed by atoms with van der Waals surface area (Å²) in [5.74, 6) is -0.105. The molecule has 0 spiro atoms. The summed E-state index contributed by atoms with van der Waals surface area (Å²) in [6.45, 7) is 3.11. The highest BCUT2D eigenvalue weighted by Crippen LogP contribution is 2.28. The van der Waals surface area contributed by atoms with Crippen LogP contribution < -0.4 is 4.90 Å². The van der Waals surface area contributed by atoms with Gasteiger partial charge in [-0.25, -0.2) is 27.2 Å². The zero-order chi connectivity index (χ0) is 20.6. The average Bonchev–Trinajstić information content (AvgIpc) is 2.73. The number of hydrogen-bond donors (Lipinski definition) is 0. The SMILES string of the molecule is Cc1ccc(S(=O)(=O)N2CCN(c3nc(C(F)F)nc4ccccc34)CC2)cc1. The van der Waals surface area contributed by atoms with E-state index in [-0.39, 0.29) is 18.0 Å². The van der Waals surface area contributed by atoms with Crippen LogP contribution in [0.15, 0.2) is 53.4 Å². The van der Waals surface area contributed by atoms with E-state index in [1.165, 1.54) is 4.31 Å². The van der Waals surface area contributed by atoms with Crippen molar-refractivity contribution >= 4 is 26.7 Å². The third-order valence-corrected chi connectivity index (χ3v) is 6.91. The summed E-state index contributed by atoms with van der Waals surface area (Å²) in [7, 11) is -3.59. The second-order valence-electron chi connectivity index (χ2n) is 6.93. The predicted molar refractivity (Wildman–Crippen MR) is 107 cm³/mol. The zero-order valence-corrected chi connectivity index (χ0v) is 16.6. The number of para-hydroxylation sites is 1. The highest BCUT2D eigenvalue weighted by molar-refractivity contribution is 7.89. The Kier molecular flexibility index (Phi) is 5.18. The predicted octanol–water partition coefficient (Wildman–Crippen LogP) is 3.39. The van der Waals surface area contributed by atoms with Crippen LogP contribution in [-0.4, -0.2) is 48.9 Å². The van der Waals surface area contributed by atoms with Crippen LogP contribution in [0.1, 0.15) is 17.8 Å². The van der Waals surface area contributed by atoms with Crippen molar-refractivity contribution in [3.8, 4) is 0 Å². The lowest BCUT2D eigenvalue weighted by Crippen LogP contribution is -2.49. The second-order valence-corrected chi connectivity index (χ2v) is 8.87. The van der Waals surface area contributed by atoms with Gasteiger partial charge in [-0.15, -0.1) is 0 Å². The number of rotatable bonds is 4. The minimum absolute atomic E-state index is 0.249. The maximum atomic E-state index is 13.2. The van der Waals surface area contributed by atoms with E-state index < -0.39 is 22.3 Å². The molecule has 0 N–H and O–H groups in total. The minimum atomic E-state index is -3.59. The van der Waals surface area contributed by atoms with Gasteiger partial charge in [0.2, 0.25) is 10.0 Å². The molecule has 0 amide bonds. The van der Waals surface area contributed by atoms with Gasteiger partial charge >= 0.3 is 0 Å². The van der Waals surface area contributed by atoms with Crippen LogP contribution in [0.5, 0.6) is 0 Å². The van der Waals surface area contributed by atoms with Gasteiger partial charge in [-0.05, 0) is 31.2 Å². The Morgan fingerprint density at radius 3 is 2.24 bits per heavy atom. The van der Waals surface area contributed by atoms with Crippen LogP contribution in [0.2, 0.25) is 0 Å². The second kappa shape index (κ2) is 7.64. The Morgan fingerprint density at radius 2 is 1.59 bits per heavy atom. The summed E-state index contributed by atoms with van der Waals surface area (Å²) in [6.07, 6.45) is -2.78. The van der Waals surface area contributed by atoms with E-state index in [0.717, 1.165) is 5.56 Å². The van der Waals surface area contributed by atoms with Crippen molar-refractivity contribution in [3.63, 3.8) is 0 Å². The molecule has 2 heterocycles. The molecule has 1 saturated heterocycles. The van der Waals surface area contributed by atoms with Crippen LogP contribution in [0.3, 0.4) is 0 Å². The average molecular weight is 418 g/mol. The van der Waals surface area contributed by atoms with Gasteiger partial charge in [0.1, 0.15) is 5.82 Å². The van der Waals surface area contributed by atoms with Gasteiger partial charge < -0.3 is 4.90 Å². The van der Waals surface area contributed by atoms with E-state index in [2.05, 4.69) is 9.97 Å². The monoisotopic (exact) mass is 418 g/mol. The van der Waals surface area contributed by atoms with Crippen LogP contribution in [0.25, 0.3) is 10.9 Å². The molecule has 0 bridgehead atoms. The summed E-state index contributed by atoms with van der Waals surface area (Å²) in [6, 6.07) is 13.7. The number of fused-ring (bicyclic) bond motifs is 1. The summed E-state index contributed by atoms with van der Waals surface area (Å²) in [5, 5.41) is 0.673. The number of alkyl halides is 2. The lowest BCUT2D eigenvalue weighted by Gasteiger charge is -2.35. The van der Waals surface area contributed by atoms with Crippen molar-refractivity contribution in [1.29, 1.82) is 0 Å². The number of benzene rings is 2. The molecule has 9 heteroatoms. The first-order valence-corrected chi connectivity index (χ1v) is 10.7. The van der Waals surface area contributed by atoms with Crippen LogP contribution in [0.4, 0.5) is 14.6 Å². The quantitative estimate of drug-likeness (QED) is 0.650. The first-order chi connectivity index (χ1) is 13.9. The van der Waals surface area contributed by atoms with E-state index in [0.29, 0.717) is 29.8 Å². The van der Waals surface area contributed by atoms with Gasteiger partial charge in [0.15, 0.2) is 5.82 Å². The van der Waals surface area contributed by atoms with Crippen molar-refractivity contribution in [2.75, 3.05) is 31.1 Å². The largest absolute Gasteiger partial charge is 0.353 e. The van der Waals surface area contributed by atoms with E-state index in [4.69, 9.17) is 0 Å². The fourth-order valence-electron chi connectivity index (χ4n) is 3.42. The maximum Gasteiger partial charge on any atom is 0.297 e. The number of anilines is 1. The summed E-state index contributed by atoms with van der Waals surface area (Å²) >= 11 is 0. The Labute approximate surface area is 167 Å². The van der Waals surface area contributed by atoms with Crippen molar-refractivity contribution in [2.24, 2.45) is 0 Å². The standard InChI is InChI=1S/C20H20F2N4O2S/c1-14-6-8-15(9-7-14)29(27,28)26-12-10-25(11-13-26)20-16-4-2-3-5-17(16)23-19(24-20)18(21)22/h2-9,18H,10-13H2,1H3. The van der Waals surface area contributed by atoms with E-state index in [9.17, 15) is 17.2 Å². The molecule has 4 rings (SSSR count). The molecule has 0 aliphatic carbocycles. The Balaban J connectivity index is 1.59. The molecular formula is C20H20F2N4O2S. The molecule has 0 atom stereocenters. The molecule has 6 nitrogen and oxygen atoms in total. The molecule has 1 aromatic heterocycles. The molecule has 0 radical (unpaired) electrons. The number of piperazine rings is 1. The van der Waals surface area contributed by atoms with Crippen LogP contribution in [0, 0.1) is 6.92 Å². The number of halogens is 2. The Hall–Kier alpha value is -2.65. The minimum Gasteiger partial charge on any atom is -0.353 e. The molecular weight excluding hydrogens is 398 g/mol. The van der Waals surface area contributed by atoms with Gasteiger partial charge in [0, 0.05) is 31.6 Å². The van der Waals surface area contributed by atoms with E-state index in [1.807, 2.05) is 11.8 Å². The van der Waals surface area contributed by atoms with Crippen LogP contribution >= 0.6 is 0 Å². The molecule has 152 valence electrons. The number of aromatic nitrogens is 2. The molecule has 0 saturated carbocycles. The Morgan fingerprint density at radius 1 is 0.931 bits per heavy atom. The molecule has 0 unspecified atom stereocenters. The number of aryl methyl sites for hydroxylation is 1. The molecule has 1 aliphatic rings. The number of sulfonamides is 1. The summed E-state index contributed by atoms with van der Waals surface area (Å²) in [4.78, 5) is 10.1. The number of hydrogen-bond acceptors (Lipinski definition) is 5. The van der Waals surface area contributed by atoms with Gasteiger partial charge in [0.25, 0.3) is 6.43 Å². The zero-order valence-electron chi connectivity index (χ0n) is 15.8. The molecule has 2 aromatic carbocycles. The smallest absolute Gasteiger partial charge is 0.297 e. The normalized spacial score (nSPS) is 15.9. The molecule has 29 heavy (non-hydrogen) atoms. The lowest BCUT2D eigenvalue weighted by atomic mass is 10.2. The van der Waals surface area contributed by atoms with Crippen molar-refractivity contribution in [1.82, 2.24) is 14.3 Å². The molecule has 3 aromatic rings. The van der Waals surface area contributed by atoms with Crippen molar-refractivity contribution in [2.45, 2.75) is 18.2 Å². The van der Waals surface area contributed by atoms with Crippen molar-refractivity contribution in [3.05, 3.63) is 59.9 Å². The highest BCUT2D eigenvalue weighted by atomic mass is 32.2. The van der Waals surface area contributed by atoms with Crippen molar-refractivity contribution < 1.29 is 17.2 Å². The molecule has 1 fully saturated rings. The van der Waals surface area contributed by atoms with Gasteiger partial charge in [-0.1, -0.05) is 29.8 Å². The third-order valence-electron chi connectivity index (χ3n) is 4.99. The fourth-order valence-corrected chi connectivity index (χ4v) is 4.84. The summed E-state index contributed by atoms with van der Waals surface area (Å²) in [5.41, 5.74) is 1.43. The third kappa shape index (κ3) is 3.79. The first kappa shape index (κ1) is 19.7. The molecule has 1 aliphatic heterocycles.